The number of thioether (sulfide) groups is 1. The highest BCUT2D eigenvalue weighted by Gasteiger charge is 2.25. The molecular weight excluding hydrogens is 332 g/mol. The molecule has 0 unspecified atom stereocenters. The highest BCUT2D eigenvalue weighted by molar-refractivity contribution is 7.99. The molecule has 0 fully saturated rings. The molecule has 1 aromatic heterocycles. The molecule has 4 rings (SSSR count). The van der Waals surface area contributed by atoms with Gasteiger partial charge >= 0.3 is 0 Å². The number of oxazole rings is 1. The summed E-state index contributed by atoms with van der Waals surface area (Å²) < 4.78 is 5.70. The lowest BCUT2D eigenvalue weighted by Crippen LogP contribution is -2.31. The van der Waals surface area contributed by atoms with Crippen LogP contribution in [-0.4, -0.2) is 16.6 Å². The second kappa shape index (κ2) is 6.76. The largest absolute Gasteiger partial charge is 0.441 e. The van der Waals surface area contributed by atoms with Crippen molar-refractivity contribution in [3.63, 3.8) is 0 Å². The average Bonchev–Trinajstić information content (AvgIpc) is 3.05. The van der Waals surface area contributed by atoms with Crippen molar-refractivity contribution in [3.05, 3.63) is 71.6 Å². The first-order valence-electron chi connectivity index (χ1n) is 8.28. The Morgan fingerprint density at radius 1 is 1.16 bits per heavy atom. The number of carbonyl (C=O) groups excluding carboxylic acids is 1. The molecule has 1 aliphatic heterocycles. The van der Waals surface area contributed by atoms with Crippen molar-refractivity contribution < 1.29 is 9.21 Å². The van der Waals surface area contributed by atoms with E-state index >= 15 is 0 Å². The summed E-state index contributed by atoms with van der Waals surface area (Å²) in [6, 6.07) is 17.9. The lowest BCUT2D eigenvalue weighted by molar-refractivity contribution is 0.0929. The first kappa shape index (κ1) is 16.0. The van der Waals surface area contributed by atoms with Crippen LogP contribution in [0.4, 0.5) is 0 Å². The molecule has 0 spiro atoms. The van der Waals surface area contributed by atoms with E-state index in [2.05, 4.69) is 22.4 Å². The Kier molecular flexibility index (Phi) is 4.32. The van der Waals surface area contributed by atoms with Gasteiger partial charge in [0.1, 0.15) is 5.76 Å². The van der Waals surface area contributed by atoms with Gasteiger partial charge in [0.05, 0.1) is 6.04 Å². The molecule has 1 aliphatic rings. The van der Waals surface area contributed by atoms with E-state index in [1.807, 2.05) is 54.2 Å². The summed E-state index contributed by atoms with van der Waals surface area (Å²) in [6.07, 6.45) is 0.913. The van der Waals surface area contributed by atoms with Crippen molar-refractivity contribution in [3.8, 4) is 11.5 Å². The molecule has 1 atom stereocenters. The molecule has 1 amide bonds. The number of aryl methyl sites for hydroxylation is 1. The van der Waals surface area contributed by atoms with Crippen LogP contribution in [0.25, 0.3) is 11.5 Å². The van der Waals surface area contributed by atoms with Gasteiger partial charge < -0.3 is 9.73 Å². The van der Waals surface area contributed by atoms with E-state index in [-0.39, 0.29) is 11.9 Å². The number of nitrogens with zero attached hydrogens (tertiary/aromatic N) is 1. The van der Waals surface area contributed by atoms with Crippen LogP contribution in [0.15, 0.2) is 63.9 Å². The molecule has 4 nitrogen and oxygen atoms in total. The number of amides is 1. The van der Waals surface area contributed by atoms with Crippen molar-refractivity contribution in [1.29, 1.82) is 0 Å². The van der Waals surface area contributed by atoms with Gasteiger partial charge in [-0.05, 0) is 37.1 Å². The van der Waals surface area contributed by atoms with Crippen LogP contribution in [0.1, 0.15) is 34.3 Å². The first-order valence-corrected chi connectivity index (χ1v) is 9.26. The van der Waals surface area contributed by atoms with Gasteiger partial charge in [0, 0.05) is 16.2 Å². The van der Waals surface area contributed by atoms with Crippen molar-refractivity contribution in [2.75, 3.05) is 5.75 Å². The summed E-state index contributed by atoms with van der Waals surface area (Å²) in [6.45, 7) is 1.78. The van der Waals surface area contributed by atoms with Gasteiger partial charge in [-0.1, -0.05) is 36.4 Å². The molecule has 0 saturated carbocycles. The fraction of sp³-hybridized carbons (Fsp3) is 0.200. The molecule has 25 heavy (non-hydrogen) atoms. The third-order valence-electron chi connectivity index (χ3n) is 4.30. The number of benzene rings is 2. The summed E-state index contributed by atoms with van der Waals surface area (Å²) in [5.41, 5.74) is 2.40. The van der Waals surface area contributed by atoms with Crippen molar-refractivity contribution >= 4 is 17.7 Å². The molecular formula is C20H18N2O2S. The van der Waals surface area contributed by atoms with Gasteiger partial charge in [0.2, 0.25) is 5.89 Å². The highest BCUT2D eigenvalue weighted by atomic mass is 32.2. The second-order valence-corrected chi connectivity index (χ2v) is 7.13. The van der Waals surface area contributed by atoms with Gasteiger partial charge in [-0.3, -0.25) is 4.79 Å². The fourth-order valence-corrected chi connectivity index (χ4v) is 4.16. The van der Waals surface area contributed by atoms with Crippen molar-refractivity contribution in [1.82, 2.24) is 10.3 Å². The normalized spacial score (nSPS) is 16.3. The summed E-state index contributed by atoms with van der Waals surface area (Å²) in [7, 11) is 0. The first-order chi connectivity index (χ1) is 12.2. The summed E-state index contributed by atoms with van der Waals surface area (Å²) in [5, 5.41) is 3.12. The molecule has 5 heteroatoms. The van der Waals surface area contributed by atoms with Crippen molar-refractivity contribution in [2.45, 2.75) is 24.3 Å². The maximum Gasteiger partial charge on any atom is 0.274 e. The van der Waals surface area contributed by atoms with Crippen LogP contribution in [0, 0.1) is 6.92 Å². The minimum absolute atomic E-state index is 0.0150. The van der Waals surface area contributed by atoms with Gasteiger partial charge in [0.25, 0.3) is 5.91 Å². The van der Waals surface area contributed by atoms with Crippen LogP contribution in [0.2, 0.25) is 0 Å². The van der Waals surface area contributed by atoms with E-state index in [1.54, 1.807) is 6.92 Å². The quantitative estimate of drug-likeness (QED) is 0.749. The topological polar surface area (TPSA) is 55.1 Å². The van der Waals surface area contributed by atoms with Crippen LogP contribution in [0.3, 0.4) is 0 Å². The lowest BCUT2D eigenvalue weighted by Gasteiger charge is -2.25. The standard InChI is InChI=1S/C20H18N2O2S/c1-13-18(22-20(24-13)14-7-3-2-4-8-14)19(23)21-16-11-12-25-17-10-6-5-9-15(16)17/h2-10,16H,11-12H2,1H3,(H,21,23)/t16-/m1/s1. The SMILES string of the molecule is Cc1oc(-c2ccccc2)nc1C(=O)N[C@@H]1CCSc2ccccc21. The van der Waals surface area contributed by atoms with Crippen LogP contribution in [0.5, 0.6) is 0 Å². The molecule has 0 saturated heterocycles. The smallest absolute Gasteiger partial charge is 0.274 e. The Hall–Kier alpha value is -2.53. The van der Waals surface area contributed by atoms with E-state index in [1.165, 1.54) is 10.5 Å². The molecule has 126 valence electrons. The number of hydrogen-bond donors (Lipinski definition) is 1. The Balaban J connectivity index is 1.58. The number of rotatable bonds is 3. The monoisotopic (exact) mass is 350 g/mol. The Labute approximate surface area is 150 Å². The Morgan fingerprint density at radius 2 is 1.92 bits per heavy atom. The van der Waals surface area contributed by atoms with Crippen LogP contribution >= 0.6 is 11.8 Å². The predicted molar refractivity (Wildman–Crippen MR) is 98.7 cm³/mol. The molecule has 0 bridgehead atoms. The number of nitrogens with one attached hydrogen (secondary N) is 1. The summed E-state index contributed by atoms with van der Waals surface area (Å²) in [5.74, 6) is 1.82. The molecule has 2 aromatic carbocycles. The molecule has 3 aromatic rings. The van der Waals surface area contributed by atoms with E-state index in [0.717, 1.165) is 17.7 Å². The third-order valence-corrected chi connectivity index (χ3v) is 5.42. The van der Waals surface area contributed by atoms with E-state index in [0.29, 0.717) is 17.3 Å². The van der Waals surface area contributed by atoms with Gasteiger partial charge in [-0.2, -0.15) is 0 Å². The highest BCUT2D eigenvalue weighted by Crippen LogP contribution is 2.36. The molecule has 0 radical (unpaired) electrons. The number of aromatic nitrogens is 1. The Morgan fingerprint density at radius 3 is 2.76 bits per heavy atom. The minimum atomic E-state index is -0.185. The van der Waals surface area contributed by atoms with Crippen molar-refractivity contribution in [2.24, 2.45) is 0 Å². The molecule has 2 heterocycles. The second-order valence-electron chi connectivity index (χ2n) is 5.99. The minimum Gasteiger partial charge on any atom is -0.441 e. The lowest BCUT2D eigenvalue weighted by atomic mass is 10.0. The summed E-state index contributed by atoms with van der Waals surface area (Å²) in [4.78, 5) is 18.4. The number of hydrogen-bond acceptors (Lipinski definition) is 4. The van der Waals surface area contributed by atoms with Crippen LogP contribution in [-0.2, 0) is 0 Å². The van der Waals surface area contributed by atoms with Gasteiger partial charge in [-0.25, -0.2) is 4.98 Å². The zero-order valence-electron chi connectivity index (χ0n) is 13.9. The van der Waals surface area contributed by atoms with E-state index < -0.39 is 0 Å². The molecule has 1 N–H and O–H groups in total. The fourth-order valence-electron chi connectivity index (χ4n) is 3.03. The number of fused-ring (bicyclic) bond motifs is 1. The predicted octanol–water partition coefficient (Wildman–Crippen LogP) is 4.62. The van der Waals surface area contributed by atoms with E-state index in [9.17, 15) is 4.79 Å². The number of carbonyl (C=O) groups is 1. The molecule has 0 aliphatic carbocycles. The maximum absolute atomic E-state index is 12.7. The third kappa shape index (κ3) is 3.20. The average molecular weight is 350 g/mol. The van der Waals surface area contributed by atoms with Crippen LogP contribution < -0.4 is 5.32 Å². The zero-order valence-corrected chi connectivity index (χ0v) is 14.7. The zero-order chi connectivity index (χ0) is 17.2. The maximum atomic E-state index is 12.7. The van der Waals surface area contributed by atoms with E-state index in [4.69, 9.17) is 4.42 Å². The van der Waals surface area contributed by atoms with Gasteiger partial charge in [0.15, 0.2) is 5.69 Å². The Bertz CT molecular complexity index is 905. The van der Waals surface area contributed by atoms with Gasteiger partial charge in [-0.15, -0.1) is 11.8 Å². The summed E-state index contributed by atoms with van der Waals surface area (Å²) >= 11 is 1.83.